The zero-order chi connectivity index (χ0) is 59.5. The summed E-state index contributed by atoms with van der Waals surface area (Å²) in [5.74, 6) is -3.42. The number of hydrogen-bond acceptors (Lipinski definition) is 14. The van der Waals surface area contributed by atoms with Crippen LogP contribution < -0.4 is 45.2 Å². The Bertz CT molecular complexity index is 2950. The average molecular weight is 1140 g/mol. The van der Waals surface area contributed by atoms with Gasteiger partial charge in [-0.2, -0.15) is 0 Å². The molecule has 6 rings (SSSR count). The topological polar surface area (TPSA) is 286 Å². The molecule has 3 unspecified atom stereocenters. The first-order chi connectivity index (χ1) is 39.5. The summed E-state index contributed by atoms with van der Waals surface area (Å²) in [6.45, 7) is 2.34. The van der Waals surface area contributed by atoms with Gasteiger partial charge in [0.25, 0.3) is 5.54 Å². The largest absolute Gasteiger partial charge is 0.481 e. The molecule has 0 bridgehead atoms. The lowest BCUT2D eigenvalue weighted by Gasteiger charge is -2.50. The third kappa shape index (κ3) is 13.8. The number of carbonyl (C=O) groups is 3. The van der Waals surface area contributed by atoms with Crippen LogP contribution in [0, 0.1) is 10.1 Å². The molecule has 6 aromatic rings. The molecular formula is C58H69N7O17. The molecule has 0 radical (unpaired) electrons. The maximum Gasteiger partial charge on any atom is 0.413 e. The molecule has 0 aliphatic carbocycles. The van der Waals surface area contributed by atoms with Crippen molar-refractivity contribution in [2.75, 3.05) is 55.8 Å². The number of rotatable bonds is 31. The molecule has 3 N–H and O–H groups in total. The van der Waals surface area contributed by atoms with E-state index in [-0.39, 0.29) is 59.3 Å². The van der Waals surface area contributed by atoms with Crippen LogP contribution in [0.4, 0.5) is 31.8 Å². The van der Waals surface area contributed by atoms with Gasteiger partial charge in [0.2, 0.25) is 33.5 Å². The molecular weight excluding hydrogens is 1070 g/mol. The van der Waals surface area contributed by atoms with Crippen LogP contribution in [0.1, 0.15) is 56.7 Å². The number of anilines is 3. The van der Waals surface area contributed by atoms with Gasteiger partial charge in [0.1, 0.15) is 37.9 Å². The smallest absolute Gasteiger partial charge is 0.413 e. The number of ether oxygens (including phenoxy) is 6. The van der Waals surface area contributed by atoms with Crippen molar-refractivity contribution >= 4 is 35.7 Å². The lowest BCUT2D eigenvalue weighted by Crippen LogP contribution is -2.77. The van der Waals surface area contributed by atoms with E-state index in [9.17, 15) is 44.1 Å². The van der Waals surface area contributed by atoms with Gasteiger partial charge in [-0.05, 0) is 36.0 Å². The van der Waals surface area contributed by atoms with Gasteiger partial charge in [-0.3, -0.25) is 24.5 Å². The Kier molecular flexibility index (Phi) is 22.3. The fourth-order valence-electron chi connectivity index (χ4n) is 10.4. The SMILES string of the molecule is CCC(N(C(=O)O)c1c(OCc2ccccc2)c(=O)ccn1CCOC)C(C(CC)N(C(=O)O)c1c(OCc2ccccc2)c(=O)ccn1CCOC)(C(CC)N(C(=O)O)c1c(OCc2ccccc2)c(=O)ccn1CCOC)[N+](=O)[O-]. The van der Waals surface area contributed by atoms with Gasteiger partial charge in [0.15, 0.2) is 17.5 Å². The summed E-state index contributed by atoms with van der Waals surface area (Å²) in [7, 11) is 4.11. The van der Waals surface area contributed by atoms with Crippen LogP contribution in [-0.2, 0) is 53.7 Å². The van der Waals surface area contributed by atoms with Gasteiger partial charge >= 0.3 is 18.3 Å². The lowest BCUT2D eigenvalue weighted by molar-refractivity contribution is -0.581. The molecule has 3 amide bonds. The Morgan fingerprint density at radius 3 is 0.951 bits per heavy atom. The highest BCUT2D eigenvalue weighted by Crippen LogP contribution is 2.46. The second kappa shape index (κ2) is 29.5. The van der Waals surface area contributed by atoms with Crippen molar-refractivity contribution in [2.24, 2.45) is 0 Å². The number of nitro groups is 1. The molecule has 3 aromatic heterocycles. The van der Waals surface area contributed by atoms with Gasteiger partial charge in [-0.15, -0.1) is 0 Å². The summed E-state index contributed by atoms with van der Waals surface area (Å²) in [5.41, 5.74) is -4.26. The highest BCUT2D eigenvalue weighted by molar-refractivity contribution is 5.92. The monoisotopic (exact) mass is 1140 g/mol. The van der Waals surface area contributed by atoms with Crippen molar-refractivity contribution in [2.45, 2.75) is 103 Å². The van der Waals surface area contributed by atoms with Gasteiger partial charge in [0, 0.05) is 82.7 Å². The summed E-state index contributed by atoms with van der Waals surface area (Å²) < 4.78 is 38.9. The highest BCUT2D eigenvalue weighted by Gasteiger charge is 2.69. The fraction of sp³-hybridized carbons (Fsp3) is 0.379. The van der Waals surface area contributed by atoms with E-state index in [0.29, 0.717) is 31.4 Å². The van der Waals surface area contributed by atoms with Crippen molar-refractivity contribution in [3.05, 3.63) is 185 Å². The number of pyridine rings is 3. The molecule has 438 valence electrons. The van der Waals surface area contributed by atoms with E-state index in [1.807, 2.05) is 0 Å². The minimum atomic E-state index is -3.31. The van der Waals surface area contributed by atoms with Crippen molar-refractivity contribution in [1.29, 1.82) is 0 Å². The Morgan fingerprint density at radius 2 is 0.744 bits per heavy atom. The molecule has 0 fully saturated rings. The van der Waals surface area contributed by atoms with Crippen LogP contribution in [0.5, 0.6) is 17.2 Å². The highest BCUT2D eigenvalue weighted by atomic mass is 16.6. The standard InChI is InChI=1S/C58H69N7O17/c1-7-46(62(55(69)70)52-49(80-37-40-19-13-10-14-20-40)43(66)25-28-59(52)31-34-77-4)58(65(75)76,47(8-2)63(56(71)72)53-50(81-38-41-21-15-11-16-22-41)44(67)26-29-60(53)32-35-78-5)48(9-3)64(57(73)74)54-51(82-39-42-23-17-12-18-24-42)45(68)27-30-61(54)33-36-79-6/h10-30,46-48H,7-9,31-39H2,1-6H3,(H,69,70)(H,71,72)(H,73,74). The van der Waals surface area contributed by atoms with Crippen LogP contribution in [0.25, 0.3) is 0 Å². The number of carboxylic acid groups (broad SMARTS) is 3. The number of aromatic nitrogens is 3. The predicted octanol–water partition coefficient (Wildman–Crippen LogP) is 8.05. The molecule has 3 aromatic carbocycles. The maximum atomic E-state index is 15.6. The quantitative estimate of drug-likeness (QED) is 0.0274. The third-order valence-electron chi connectivity index (χ3n) is 13.9. The van der Waals surface area contributed by atoms with Crippen LogP contribution in [-0.4, -0.2) is 117 Å². The number of methoxy groups -OCH3 is 3. The summed E-state index contributed by atoms with van der Waals surface area (Å²) in [4.78, 5) is 104. The minimum Gasteiger partial charge on any atom is -0.481 e. The van der Waals surface area contributed by atoms with E-state index in [4.69, 9.17) is 28.4 Å². The van der Waals surface area contributed by atoms with Crippen molar-refractivity contribution in [3.63, 3.8) is 0 Å². The third-order valence-corrected chi connectivity index (χ3v) is 13.9. The number of benzene rings is 3. The maximum absolute atomic E-state index is 15.6. The van der Waals surface area contributed by atoms with Crippen molar-refractivity contribution < 1.29 is 63.0 Å². The molecule has 24 nitrogen and oxygen atoms in total. The molecule has 3 atom stereocenters. The average Bonchev–Trinajstić information content (AvgIpc) is 1.27. The van der Waals surface area contributed by atoms with Gasteiger partial charge in [-0.1, -0.05) is 112 Å². The molecule has 0 aliphatic rings. The molecule has 0 aliphatic heterocycles. The van der Waals surface area contributed by atoms with Crippen LogP contribution in [0.2, 0.25) is 0 Å². The lowest BCUT2D eigenvalue weighted by atomic mass is 9.71. The van der Waals surface area contributed by atoms with E-state index in [1.165, 1.54) is 74.4 Å². The summed E-state index contributed by atoms with van der Waals surface area (Å²) in [6, 6.07) is 22.3. The fourth-order valence-corrected chi connectivity index (χ4v) is 10.4. The molecule has 82 heavy (non-hydrogen) atoms. The Labute approximate surface area is 472 Å². The second-order valence-electron chi connectivity index (χ2n) is 18.8. The van der Waals surface area contributed by atoms with E-state index < -0.39 is 117 Å². The van der Waals surface area contributed by atoms with E-state index >= 15 is 10.1 Å². The summed E-state index contributed by atoms with van der Waals surface area (Å²) in [5, 5.41) is 51.5. The first-order valence-electron chi connectivity index (χ1n) is 26.4. The molecule has 0 spiro atoms. The number of nitrogens with zero attached hydrogens (tertiary/aromatic N) is 7. The second-order valence-corrected chi connectivity index (χ2v) is 18.8. The Morgan fingerprint density at radius 1 is 0.488 bits per heavy atom. The van der Waals surface area contributed by atoms with Crippen LogP contribution >= 0.6 is 0 Å². The zero-order valence-electron chi connectivity index (χ0n) is 46.5. The molecule has 0 saturated heterocycles. The molecule has 3 heterocycles. The normalized spacial score (nSPS) is 13.0. The Hall–Kier alpha value is -9.00. The van der Waals surface area contributed by atoms with E-state index in [0.717, 1.165) is 18.2 Å². The zero-order valence-corrected chi connectivity index (χ0v) is 46.5. The van der Waals surface area contributed by atoms with E-state index in [1.54, 1.807) is 91.0 Å². The first kappa shape index (κ1) is 62.2. The molecule has 24 heteroatoms. The Balaban J connectivity index is 1.82. The van der Waals surface area contributed by atoms with Crippen molar-refractivity contribution in [1.82, 2.24) is 13.7 Å². The van der Waals surface area contributed by atoms with Gasteiger partial charge in [-0.25, -0.2) is 29.1 Å². The summed E-state index contributed by atoms with van der Waals surface area (Å²) >= 11 is 0. The van der Waals surface area contributed by atoms with Gasteiger partial charge in [0.05, 0.1) is 19.8 Å². The van der Waals surface area contributed by atoms with Crippen molar-refractivity contribution in [3.8, 4) is 17.2 Å². The van der Waals surface area contributed by atoms with Gasteiger partial charge < -0.3 is 57.4 Å². The van der Waals surface area contributed by atoms with E-state index in [2.05, 4.69) is 0 Å². The predicted molar refractivity (Wildman–Crippen MR) is 304 cm³/mol. The summed E-state index contributed by atoms with van der Waals surface area (Å²) in [6.07, 6.45) is -3.86. The molecule has 0 saturated carbocycles. The number of hydrogen-bond donors (Lipinski definition) is 3. The number of amides is 3. The van der Waals surface area contributed by atoms with Crippen LogP contribution in [0.3, 0.4) is 0 Å². The first-order valence-corrected chi connectivity index (χ1v) is 26.4. The van der Waals surface area contributed by atoms with Crippen LogP contribution in [0.15, 0.2) is 142 Å². The minimum absolute atomic E-state index is 0.106.